The van der Waals surface area contributed by atoms with Gasteiger partial charge in [0.25, 0.3) is 6.47 Å². The summed E-state index contributed by atoms with van der Waals surface area (Å²) in [6.07, 6.45) is 11.9. The predicted molar refractivity (Wildman–Crippen MR) is 209 cm³/mol. The highest BCUT2D eigenvalue weighted by molar-refractivity contribution is 6.03. The number of carboxylic acids is 1. The molecular weight excluding hydrogens is 707 g/mol. The fraction of sp³-hybridized carbons (Fsp3) is 0.500. The number of fused-ring (bicyclic) bond motifs is 2. The predicted octanol–water partition coefficient (Wildman–Crippen LogP) is 10.5. The van der Waals surface area contributed by atoms with Gasteiger partial charge in [0.1, 0.15) is 18.8 Å². The highest BCUT2D eigenvalue weighted by Gasteiger charge is 2.48. The van der Waals surface area contributed by atoms with E-state index < -0.39 is 23.2 Å². The van der Waals surface area contributed by atoms with Crippen molar-refractivity contribution in [2.45, 2.75) is 122 Å². The summed E-state index contributed by atoms with van der Waals surface area (Å²) in [6, 6.07) is 12.9. The molecule has 0 saturated heterocycles. The summed E-state index contributed by atoms with van der Waals surface area (Å²) in [5, 5.41) is 20.1. The zero-order valence-electron chi connectivity index (χ0n) is 32.8. The number of anilines is 1. The van der Waals surface area contributed by atoms with Gasteiger partial charge in [-0.2, -0.15) is 9.84 Å². The topological polar surface area (TPSA) is 103 Å². The SMILES string of the molecule is CCCCCCC1(C)C(/C=C/C(C#N)=C/C=C2/N(CCOC=O)c3ccc(OC(F)(F)F)cc3C2(C)CCCCCC)=[N+](CCC(=O)O)c2ccc(C)cc21. The Morgan fingerprint density at radius 1 is 0.982 bits per heavy atom. The molecule has 4 rings (SSSR count). The number of unbranched alkanes of at least 4 members (excludes halogenated alkanes) is 6. The average molecular weight is 763 g/mol. The van der Waals surface area contributed by atoms with E-state index in [1.54, 1.807) is 18.2 Å². The highest BCUT2D eigenvalue weighted by atomic mass is 19.4. The van der Waals surface area contributed by atoms with Crippen LogP contribution < -0.4 is 9.64 Å². The molecule has 8 nitrogen and oxygen atoms in total. The number of nitrogens with zero attached hydrogens (tertiary/aromatic N) is 3. The molecule has 0 radical (unpaired) electrons. The molecule has 0 saturated carbocycles. The van der Waals surface area contributed by atoms with Gasteiger partial charge in [-0.1, -0.05) is 76.8 Å². The number of alkyl halides is 3. The third-order valence-electron chi connectivity index (χ3n) is 10.9. The van der Waals surface area contributed by atoms with Gasteiger partial charge in [-0.25, -0.2) is 0 Å². The van der Waals surface area contributed by atoms with Crippen LogP contribution in [0.5, 0.6) is 5.75 Å². The molecule has 0 bridgehead atoms. The lowest BCUT2D eigenvalue weighted by Crippen LogP contribution is -2.32. The quantitative estimate of drug-likeness (QED) is 0.0444. The first kappa shape index (κ1) is 42.9. The smallest absolute Gasteiger partial charge is 0.481 e. The number of carboxylic acid groups (broad SMARTS) is 1. The minimum absolute atomic E-state index is 0.0447. The van der Waals surface area contributed by atoms with Crippen molar-refractivity contribution in [2.24, 2.45) is 0 Å². The number of nitriles is 1. The zero-order chi connectivity index (χ0) is 40.2. The Labute approximate surface area is 323 Å². The number of carbonyl (C=O) groups excluding carboxylic acids is 1. The Kier molecular flexibility index (Phi) is 14.9. The summed E-state index contributed by atoms with van der Waals surface area (Å²) >= 11 is 0. The van der Waals surface area contributed by atoms with Gasteiger partial charge in [-0.15, -0.1) is 13.2 Å². The number of allylic oxidation sites excluding steroid dienone is 6. The number of halogens is 3. The normalized spacial score (nSPS) is 20.2. The largest absolute Gasteiger partial charge is 0.573 e. The number of carbonyl (C=O) groups is 2. The van der Waals surface area contributed by atoms with Gasteiger partial charge in [0.2, 0.25) is 5.69 Å². The van der Waals surface area contributed by atoms with Crippen LogP contribution in [0.15, 0.2) is 72.0 Å². The first-order valence-electron chi connectivity index (χ1n) is 19.4. The maximum atomic E-state index is 13.3. The van der Waals surface area contributed by atoms with E-state index in [0.29, 0.717) is 29.7 Å². The van der Waals surface area contributed by atoms with E-state index >= 15 is 0 Å². The third kappa shape index (κ3) is 10.5. The number of aryl methyl sites for hydroxylation is 1. The molecule has 2 aliphatic heterocycles. The van der Waals surface area contributed by atoms with Crippen molar-refractivity contribution >= 4 is 29.5 Å². The van der Waals surface area contributed by atoms with E-state index in [1.165, 1.54) is 12.1 Å². The maximum Gasteiger partial charge on any atom is 0.573 e. The van der Waals surface area contributed by atoms with E-state index in [2.05, 4.69) is 55.2 Å². The number of rotatable bonds is 21. The Morgan fingerprint density at radius 2 is 1.67 bits per heavy atom. The minimum atomic E-state index is -4.86. The molecular formula is C44H55F3N3O5+. The summed E-state index contributed by atoms with van der Waals surface area (Å²) in [7, 11) is 0. The Bertz CT molecular complexity index is 1860. The van der Waals surface area contributed by atoms with Gasteiger partial charge in [0.05, 0.1) is 23.6 Å². The molecule has 0 aliphatic carbocycles. The number of benzene rings is 2. The fourth-order valence-electron chi connectivity index (χ4n) is 8.08. The second kappa shape index (κ2) is 19.1. The molecule has 2 aliphatic rings. The van der Waals surface area contributed by atoms with Crippen molar-refractivity contribution in [1.29, 1.82) is 5.26 Å². The molecule has 2 unspecified atom stereocenters. The molecule has 2 aromatic rings. The monoisotopic (exact) mass is 762 g/mol. The van der Waals surface area contributed by atoms with Crippen molar-refractivity contribution in [3.8, 4) is 11.8 Å². The second-order valence-electron chi connectivity index (χ2n) is 15.0. The lowest BCUT2D eigenvalue weighted by Gasteiger charge is -2.30. The van der Waals surface area contributed by atoms with Gasteiger partial charge in [0.15, 0.2) is 12.3 Å². The molecule has 0 aromatic heterocycles. The molecule has 0 spiro atoms. The van der Waals surface area contributed by atoms with Crippen LogP contribution in [0.1, 0.15) is 115 Å². The summed E-state index contributed by atoms with van der Waals surface area (Å²) in [5.41, 5.74) is 5.43. The van der Waals surface area contributed by atoms with Crippen molar-refractivity contribution < 1.29 is 41.9 Å². The van der Waals surface area contributed by atoms with Gasteiger partial charge < -0.3 is 19.5 Å². The molecule has 2 atom stereocenters. The Balaban J connectivity index is 1.83. The number of hydrogen-bond donors (Lipinski definition) is 1. The number of aliphatic carboxylic acids is 1. The Hall–Kier alpha value is -4.85. The van der Waals surface area contributed by atoms with Crippen molar-refractivity contribution in [3.05, 3.63) is 88.7 Å². The lowest BCUT2D eigenvalue weighted by molar-refractivity contribution is -0.436. The summed E-state index contributed by atoms with van der Waals surface area (Å²) in [5.74, 6) is -1.21. The molecule has 55 heavy (non-hydrogen) atoms. The van der Waals surface area contributed by atoms with Crippen LogP contribution in [-0.2, 0) is 25.2 Å². The van der Waals surface area contributed by atoms with E-state index in [0.717, 1.165) is 86.0 Å². The number of hydrogen-bond acceptors (Lipinski definition) is 6. The molecule has 2 heterocycles. The average Bonchev–Trinajstić information content (AvgIpc) is 3.50. The second-order valence-corrected chi connectivity index (χ2v) is 15.0. The minimum Gasteiger partial charge on any atom is -0.481 e. The van der Waals surface area contributed by atoms with E-state index in [1.807, 2.05) is 30.0 Å². The standard InChI is InChI=1S/C44H54F3N3O5/c1-6-8-10-12-23-42(4)35-28-32(3)14-18-37(35)49(25-22-41(52)53)39(42)20-15-33(30-48)16-21-40-43(5,24-13-11-9-7-2)36-29-34(55-44(45,46)47)17-19-38(36)50(40)26-27-54-31-51/h14-21,28-29,31H,6-13,22-27H2,1-5H3/p+1. The van der Waals surface area contributed by atoms with E-state index in [4.69, 9.17) is 4.74 Å². The van der Waals surface area contributed by atoms with Crippen LogP contribution in [0.2, 0.25) is 0 Å². The summed E-state index contributed by atoms with van der Waals surface area (Å²) in [4.78, 5) is 24.8. The van der Waals surface area contributed by atoms with Crippen molar-refractivity contribution in [2.75, 3.05) is 24.6 Å². The van der Waals surface area contributed by atoms with Crippen LogP contribution in [0.4, 0.5) is 24.5 Å². The van der Waals surface area contributed by atoms with Crippen LogP contribution in [0.25, 0.3) is 0 Å². The Morgan fingerprint density at radius 3 is 2.29 bits per heavy atom. The maximum absolute atomic E-state index is 13.3. The van der Waals surface area contributed by atoms with Crippen LogP contribution in [-0.4, -0.2) is 53.9 Å². The van der Waals surface area contributed by atoms with Crippen LogP contribution >= 0.6 is 0 Å². The molecule has 11 heteroatoms. The van der Waals surface area contributed by atoms with Crippen LogP contribution in [0.3, 0.4) is 0 Å². The van der Waals surface area contributed by atoms with Crippen LogP contribution in [0, 0.1) is 18.3 Å². The third-order valence-corrected chi connectivity index (χ3v) is 10.9. The summed E-state index contributed by atoms with van der Waals surface area (Å²) < 4.78 is 51.5. The first-order chi connectivity index (χ1) is 26.2. The van der Waals surface area contributed by atoms with Crippen molar-refractivity contribution in [1.82, 2.24) is 0 Å². The van der Waals surface area contributed by atoms with Gasteiger partial charge in [0, 0.05) is 34.5 Å². The lowest BCUT2D eigenvalue weighted by atomic mass is 9.74. The highest BCUT2D eigenvalue weighted by Crippen LogP contribution is 2.52. The van der Waals surface area contributed by atoms with Gasteiger partial charge in [-0.3, -0.25) is 9.59 Å². The molecule has 1 N–H and O–H groups in total. The van der Waals surface area contributed by atoms with Gasteiger partial charge >= 0.3 is 12.3 Å². The molecule has 296 valence electrons. The molecule has 2 aromatic carbocycles. The van der Waals surface area contributed by atoms with Gasteiger partial charge in [-0.05, 0) is 81.7 Å². The first-order valence-corrected chi connectivity index (χ1v) is 19.4. The van der Waals surface area contributed by atoms with E-state index in [-0.39, 0.29) is 31.9 Å². The molecule has 0 fully saturated rings. The fourth-order valence-corrected chi connectivity index (χ4v) is 8.08. The van der Waals surface area contributed by atoms with E-state index in [9.17, 15) is 33.1 Å². The summed E-state index contributed by atoms with van der Waals surface area (Å²) in [6.45, 7) is 11.5. The molecule has 0 amide bonds. The van der Waals surface area contributed by atoms with Crippen molar-refractivity contribution in [3.63, 3.8) is 0 Å². The zero-order valence-corrected chi connectivity index (χ0v) is 32.8. The number of ether oxygens (including phenoxy) is 2.